The van der Waals surface area contributed by atoms with E-state index in [9.17, 15) is 14.9 Å². The van der Waals surface area contributed by atoms with Crippen molar-refractivity contribution in [2.45, 2.75) is 32.6 Å². The van der Waals surface area contributed by atoms with Crippen LogP contribution >= 0.6 is 0 Å². The van der Waals surface area contributed by atoms with Crippen molar-refractivity contribution in [2.24, 2.45) is 0 Å². The zero-order valence-corrected chi connectivity index (χ0v) is 11.9. The van der Waals surface area contributed by atoms with Gasteiger partial charge < -0.3 is 5.32 Å². The summed E-state index contributed by atoms with van der Waals surface area (Å²) in [7, 11) is 0. The van der Waals surface area contributed by atoms with Gasteiger partial charge in [-0.1, -0.05) is 32.3 Å². The van der Waals surface area contributed by atoms with Gasteiger partial charge in [0.05, 0.1) is 4.92 Å². The normalized spacial score (nSPS) is 10.7. The average molecular weight is 290 g/mol. The van der Waals surface area contributed by atoms with Crippen LogP contribution in [-0.2, 0) is 0 Å². The maximum absolute atomic E-state index is 12.2. The van der Waals surface area contributed by atoms with E-state index in [0.29, 0.717) is 12.2 Å². The Morgan fingerprint density at radius 3 is 2.86 bits per heavy atom. The highest BCUT2D eigenvalue weighted by Gasteiger charge is 2.22. The average Bonchev–Trinajstić information content (AvgIpc) is 2.47. The van der Waals surface area contributed by atoms with Crippen molar-refractivity contribution >= 4 is 17.2 Å². The number of fused-ring (bicyclic) bond motifs is 1. The summed E-state index contributed by atoms with van der Waals surface area (Å²) in [6.07, 6.45) is 5.65. The number of unbranched alkanes of at least 4 members (excludes halogenated alkanes) is 3. The number of nitro groups is 1. The standard InChI is InChI=1S/C14H18N4O3/c1-2-3-4-6-9-15-13-12(18(20)21)14(19)17-10-7-5-8-11(17)16-13/h5,7-8,10,15H,2-4,6,9H2,1H3. The molecule has 0 saturated carbocycles. The lowest BCUT2D eigenvalue weighted by atomic mass is 10.2. The highest BCUT2D eigenvalue weighted by Crippen LogP contribution is 2.18. The second-order valence-corrected chi connectivity index (χ2v) is 4.79. The summed E-state index contributed by atoms with van der Waals surface area (Å²) < 4.78 is 1.18. The number of hydrogen-bond donors (Lipinski definition) is 1. The third-order valence-corrected chi connectivity index (χ3v) is 3.22. The van der Waals surface area contributed by atoms with Crippen LogP contribution in [0.1, 0.15) is 32.6 Å². The largest absolute Gasteiger partial charge is 0.376 e. The highest BCUT2D eigenvalue weighted by atomic mass is 16.6. The van der Waals surface area contributed by atoms with Gasteiger partial charge in [-0.3, -0.25) is 19.3 Å². The Labute approximate surface area is 121 Å². The Balaban J connectivity index is 2.31. The van der Waals surface area contributed by atoms with E-state index in [0.717, 1.165) is 25.7 Å². The number of anilines is 1. The fraction of sp³-hybridized carbons (Fsp3) is 0.429. The third-order valence-electron chi connectivity index (χ3n) is 3.22. The molecule has 0 fully saturated rings. The first-order valence-electron chi connectivity index (χ1n) is 7.04. The molecule has 0 aliphatic carbocycles. The van der Waals surface area contributed by atoms with E-state index in [4.69, 9.17) is 0 Å². The van der Waals surface area contributed by atoms with Crippen molar-refractivity contribution in [2.75, 3.05) is 11.9 Å². The zero-order chi connectivity index (χ0) is 15.2. The van der Waals surface area contributed by atoms with Gasteiger partial charge in [0.2, 0.25) is 5.82 Å². The van der Waals surface area contributed by atoms with Gasteiger partial charge >= 0.3 is 11.2 Å². The molecule has 2 aromatic rings. The van der Waals surface area contributed by atoms with Gasteiger partial charge in [0, 0.05) is 12.7 Å². The minimum Gasteiger partial charge on any atom is -0.364 e. The molecule has 2 rings (SSSR count). The molecule has 0 radical (unpaired) electrons. The van der Waals surface area contributed by atoms with E-state index in [1.165, 1.54) is 10.6 Å². The molecular weight excluding hydrogens is 272 g/mol. The Morgan fingerprint density at radius 2 is 2.14 bits per heavy atom. The Hall–Kier alpha value is -2.44. The van der Waals surface area contributed by atoms with Crippen LogP contribution in [0.2, 0.25) is 0 Å². The topological polar surface area (TPSA) is 89.5 Å². The van der Waals surface area contributed by atoms with Gasteiger partial charge in [-0.2, -0.15) is 0 Å². The van der Waals surface area contributed by atoms with Crippen LogP contribution in [0.5, 0.6) is 0 Å². The Morgan fingerprint density at radius 1 is 1.33 bits per heavy atom. The van der Waals surface area contributed by atoms with Gasteiger partial charge in [0.1, 0.15) is 5.65 Å². The lowest BCUT2D eigenvalue weighted by Gasteiger charge is -2.07. The van der Waals surface area contributed by atoms with Crippen LogP contribution in [0.15, 0.2) is 29.2 Å². The summed E-state index contributed by atoms with van der Waals surface area (Å²) in [4.78, 5) is 26.8. The van der Waals surface area contributed by atoms with Crippen LogP contribution in [0.4, 0.5) is 11.5 Å². The lowest BCUT2D eigenvalue weighted by molar-refractivity contribution is -0.385. The predicted molar refractivity (Wildman–Crippen MR) is 80.7 cm³/mol. The molecule has 0 saturated heterocycles. The molecule has 7 nitrogen and oxygen atoms in total. The summed E-state index contributed by atoms with van der Waals surface area (Å²) in [5, 5.41) is 14.1. The molecule has 0 unspecified atom stereocenters. The molecule has 2 heterocycles. The first-order valence-corrected chi connectivity index (χ1v) is 7.04. The molecule has 0 amide bonds. The van der Waals surface area contributed by atoms with Crippen molar-refractivity contribution in [1.29, 1.82) is 0 Å². The first-order chi connectivity index (χ1) is 10.1. The number of rotatable bonds is 7. The lowest BCUT2D eigenvalue weighted by Crippen LogP contribution is -2.21. The number of pyridine rings is 1. The number of nitrogens with zero attached hydrogens (tertiary/aromatic N) is 3. The third kappa shape index (κ3) is 3.36. The smallest absolute Gasteiger partial charge is 0.364 e. The number of hydrogen-bond acceptors (Lipinski definition) is 5. The van der Waals surface area contributed by atoms with Crippen LogP contribution < -0.4 is 10.9 Å². The summed E-state index contributed by atoms with van der Waals surface area (Å²) in [6.45, 7) is 2.68. The predicted octanol–water partition coefficient (Wildman–Crippen LogP) is 2.59. The number of nitrogens with one attached hydrogen (secondary N) is 1. The molecule has 0 bridgehead atoms. The molecule has 1 N–H and O–H groups in total. The molecule has 0 aliphatic heterocycles. The molecule has 7 heteroatoms. The van der Waals surface area contributed by atoms with Crippen molar-refractivity contribution in [3.63, 3.8) is 0 Å². The van der Waals surface area contributed by atoms with Gasteiger partial charge in [0.15, 0.2) is 0 Å². The minimum absolute atomic E-state index is 0.0488. The van der Waals surface area contributed by atoms with Crippen LogP contribution in [0.3, 0.4) is 0 Å². The maximum Gasteiger partial charge on any atom is 0.376 e. The molecule has 0 aliphatic rings. The summed E-state index contributed by atoms with van der Waals surface area (Å²) in [5.41, 5.74) is -0.778. The van der Waals surface area contributed by atoms with E-state index in [1.54, 1.807) is 18.2 Å². The zero-order valence-electron chi connectivity index (χ0n) is 11.9. The quantitative estimate of drug-likeness (QED) is 0.481. The fourth-order valence-electron chi connectivity index (χ4n) is 2.13. The van der Waals surface area contributed by atoms with Gasteiger partial charge in [-0.25, -0.2) is 4.98 Å². The van der Waals surface area contributed by atoms with Crippen molar-refractivity contribution < 1.29 is 4.92 Å². The van der Waals surface area contributed by atoms with E-state index >= 15 is 0 Å². The van der Waals surface area contributed by atoms with E-state index < -0.39 is 16.2 Å². The molecule has 0 spiro atoms. The Kier molecular flexibility index (Phi) is 4.86. The monoisotopic (exact) mass is 290 g/mol. The molecule has 0 atom stereocenters. The second-order valence-electron chi connectivity index (χ2n) is 4.79. The van der Waals surface area contributed by atoms with Crippen molar-refractivity contribution in [3.8, 4) is 0 Å². The number of aromatic nitrogens is 2. The summed E-state index contributed by atoms with van der Waals surface area (Å²) in [5.74, 6) is 0.0488. The van der Waals surface area contributed by atoms with Crippen molar-refractivity contribution in [3.05, 3.63) is 44.9 Å². The minimum atomic E-state index is -0.677. The van der Waals surface area contributed by atoms with Gasteiger partial charge in [0.25, 0.3) is 0 Å². The SMILES string of the molecule is CCCCCCNc1nc2ccccn2c(=O)c1[N+](=O)[O-]. The molecule has 112 valence electrons. The van der Waals surface area contributed by atoms with Gasteiger partial charge in [-0.15, -0.1) is 0 Å². The molecular formula is C14H18N4O3. The van der Waals surface area contributed by atoms with E-state index in [1.807, 2.05) is 0 Å². The molecule has 2 aromatic heterocycles. The summed E-state index contributed by atoms with van der Waals surface area (Å²) >= 11 is 0. The maximum atomic E-state index is 12.2. The van der Waals surface area contributed by atoms with Crippen LogP contribution in [-0.4, -0.2) is 20.9 Å². The first kappa shape index (κ1) is 15.0. The molecule has 0 aromatic carbocycles. The van der Waals surface area contributed by atoms with Gasteiger partial charge in [-0.05, 0) is 18.6 Å². The highest BCUT2D eigenvalue weighted by molar-refractivity contribution is 5.59. The summed E-state index contributed by atoms with van der Waals surface area (Å²) in [6, 6.07) is 5.02. The Bertz CT molecular complexity index is 696. The fourth-order valence-corrected chi connectivity index (χ4v) is 2.13. The van der Waals surface area contributed by atoms with Crippen LogP contribution in [0.25, 0.3) is 5.65 Å². The van der Waals surface area contributed by atoms with Crippen LogP contribution in [0, 0.1) is 10.1 Å². The molecule has 21 heavy (non-hydrogen) atoms. The second kappa shape index (κ2) is 6.83. The van der Waals surface area contributed by atoms with E-state index in [-0.39, 0.29) is 5.82 Å². The van der Waals surface area contributed by atoms with Crippen molar-refractivity contribution in [1.82, 2.24) is 9.38 Å². The van der Waals surface area contributed by atoms with E-state index in [2.05, 4.69) is 17.2 Å².